The number of carbonyl (C=O) groups excluding carboxylic acids is 1. The molecule has 6 heteroatoms. The highest BCUT2D eigenvalue weighted by Crippen LogP contribution is 2.16. The number of amides is 1. The van der Waals surface area contributed by atoms with E-state index in [2.05, 4.69) is 5.32 Å². The molecule has 2 atom stereocenters. The Morgan fingerprint density at radius 2 is 2.17 bits per heavy atom. The van der Waals surface area contributed by atoms with Gasteiger partial charge >= 0.3 is 6.09 Å². The van der Waals surface area contributed by atoms with Crippen LogP contribution in [0.3, 0.4) is 0 Å². The quantitative estimate of drug-likeness (QED) is 0.753. The third-order valence-electron chi connectivity index (χ3n) is 2.05. The van der Waals surface area contributed by atoms with Crippen LogP contribution in [0.2, 0.25) is 0 Å². The average Bonchev–Trinajstić information content (AvgIpc) is 2.75. The Bertz CT molecular complexity index is 368. The van der Waals surface area contributed by atoms with Crippen molar-refractivity contribution in [3.05, 3.63) is 24.2 Å². The molecule has 1 amide bonds. The van der Waals surface area contributed by atoms with Gasteiger partial charge < -0.3 is 24.7 Å². The van der Waals surface area contributed by atoms with Gasteiger partial charge in [-0.1, -0.05) is 0 Å². The van der Waals surface area contributed by atoms with Gasteiger partial charge in [0.05, 0.1) is 6.26 Å². The van der Waals surface area contributed by atoms with Crippen LogP contribution in [0.25, 0.3) is 0 Å². The topological polar surface area (TPSA) is 91.9 Å². The molecule has 1 rings (SSSR count). The van der Waals surface area contributed by atoms with E-state index in [1.807, 2.05) is 0 Å². The van der Waals surface area contributed by atoms with Crippen LogP contribution in [0.5, 0.6) is 0 Å². The molecule has 2 unspecified atom stereocenters. The molecule has 0 aliphatic heterocycles. The summed E-state index contributed by atoms with van der Waals surface area (Å²) in [6.07, 6.45) is -1.60. The van der Waals surface area contributed by atoms with Crippen LogP contribution >= 0.6 is 0 Å². The lowest BCUT2D eigenvalue weighted by molar-refractivity contribution is 0.00227. The van der Waals surface area contributed by atoms with Crippen molar-refractivity contribution in [1.82, 2.24) is 5.32 Å². The maximum Gasteiger partial charge on any atom is 0.407 e. The van der Waals surface area contributed by atoms with Gasteiger partial charge in [0.25, 0.3) is 0 Å². The minimum Gasteiger partial charge on any atom is -0.466 e. The molecule has 1 heterocycles. The van der Waals surface area contributed by atoms with E-state index in [0.29, 0.717) is 0 Å². The highest BCUT2D eigenvalue weighted by atomic mass is 16.6. The second-order valence-corrected chi connectivity index (χ2v) is 4.91. The predicted molar refractivity (Wildman–Crippen MR) is 63.9 cm³/mol. The summed E-state index contributed by atoms with van der Waals surface area (Å²) in [7, 11) is 0. The molecule has 0 aliphatic rings. The first-order valence-electron chi connectivity index (χ1n) is 5.66. The predicted octanol–water partition coefficient (Wildman–Crippen LogP) is 1.20. The van der Waals surface area contributed by atoms with Crippen molar-refractivity contribution in [2.45, 2.75) is 38.6 Å². The molecule has 0 spiro atoms. The van der Waals surface area contributed by atoms with E-state index in [0.717, 1.165) is 0 Å². The lowest BCUT2D eigenvalue weighted by Crippen LogP contribution is -2.38. The smallest absolute Gasteiger partial charge is 0.407 e. The molecule has 6 nitrogen and oxygen atoms in total. The number of hydrogen-bond acceptors (Lipinski definition) is 5. The lowest BCUT2D eigenvalue weighted by atomic mass is 10.1. The Kier molecular flexibility index (Phi) is 4.75. The van der Waals surface area contributed by atoms with Gasteiger partial charge in [-0.05, 0) is 32.9 Å². The standard InChI is InChI=1S/C12H19NO5/c1-12(2,3)18-11(16)13-7-8(14)10(15)9-5-4-6-17-9/h4-6,8,10,14-15H,7H2,1-3H3,(H,13,16). The van der Waals surface area contributed by atoms with Gasteiger partial charge in [0, 0.05) is 6.54 Å². The summed E-state index contributed by atoms with van der Waals surface area (Å²) in [6, 6.07) is 3.15. The van der Waals surface area contributed by atoms with Crippen LogP contribution in [0.15, 0.2) is 22.8 Å². The maximum atomic E-state index is 11.3. The molecule has 18 heavy (non-hydrogen) atoms. The Hall–Kier alpha value is -1.53. The molecule has 0 saturated heterocycles. The number of aliphatic hydroxyl groups excluding tert-OH is 2. The Morgan fingerprint density at radius 3 is 2.67 bits per heavy atom. The first-order chi connectivity index (χ1) is 8.29. The molecule has 1 aromatic heterocycles. The van der Waals surface area contributed by atoms with Crippen molar-refractivity contribution in [3.63, 3.8) is 0 Å². The number of nitrogens with one attached hydrogen (secondary N) is 1. The molecular formula is C12H19NO5. The van der Waals surface area contributed by atoms with Gasteiger partial charge in [0.15, 0.2) is 0 Å². The van der Waals surface area contributed by atoms with Crippen molar-refractivity contribution in [2.24, 2.45) is 0 Å². The Balaban J connectivity index is 2.37. The number of hydrogen-bond donors (Lipinski definition) is 3. The largest absolute Gasteiger partial charge is 0.466 e. The fraction of sp³-hybridized carbons (Fsp3) is 0.583. The summed E-state index contributed by atoms with van der Waals surface area (Å²) in [6.45, 7) is 5.08. The summed E-state index contributed by atoms with van der Waals surface area (Å²) in [5.74, 6) is 0.244. The number of rotatable bonds is 4. The van der Waals surface area contributed by atoms with E-state index in [9.17, 15) is 15.0 Å². The normalized spacial score (nSPS) is 14.9. The molecule has 0 bridgehead atoms. The van der Waals surface area contributed by atoms with Crippen molar-refractivity contribution < 1.29 is 24.2 Å². The van der Waals surface area contributed by atoms with E-state index in [1.54, 1.807) is 32.9 Å². The fourth-order valence-electron chi connectivity index (χ4n) is 1.26. The molecule has 0 fully saturated rings. The van der Waals surface area contributed by atoms with Crippen molar-refractivity contribution >= 4 is 6.09 Å². The van der Waals surface area contributed by atoms with Gasteiger partial charge in [0.1, 0.15) is 23.6 Å². The summed E-state index contributed by atoms with van der Waals surface area (Å²) in [5, 5.41) is 21.7. The van der Waals surface area contributed by atoms with Gasteiger partial charge in [-0.15, -0.1) is 0 Å². The van der Waals surface area contributed by atoms with Gasteiger partial charge in [0.2, 0.25) is 0 Å². The summed E-state index contributed by atoms with van der Waals surface area (Å²) < 4.78 is 9.94. The molecule has 3 N–H and O–H groups in total. The van der Waals surface area contributed by atoms with Gasteiger partial charge in [-0.2, -0.15) is 0 Å². The maximum absolute atomic E-state index is 11.3. The zero-order valence-corrected chi connectivity index (χ0v) is 10.7. The minimum absolute atomic E-state index is 0.128. The molecule has 102 valence electrons. The lowest BCUT2D eigenvalue weighted by Gasteiger charge is -2.21. The van der Waals surface area contributed by atoms with Crippen LogP contribution in [0.1, 0.15) is 32.6 Å². The van der Waals surface area contributed by atoms with Crippen molar-refractivity contribution in [3.8, 4) is 0 Å². The van der Waals surface area contributed by atoms with E-state index in [1.165, 1.54) is 6.26 Å². The van der Waals surface area contributed by atoms with E-state index in [4.69, 9.17) is 9.15 Å². The number of carbonyl (C=O) groups is 1. The number of alkyl carbamates (subject to hydrolysis) is 1. The molecule has 0 saturated carbocycles. The Labute approximate surface area is 106 Å². The van der Waals surface area contributed by atoms with E-state index < -0.39 is 23.9 Å². The number of aliphatic hydroxyl groups is 2. The molecule has 0 aromatic carbocycles. The molecule has 1 aromatic rings. The average molecular weight is 257 g/mol. The second-order valence-electron chi connectivity index (χ2n) is 4.91. The highest BCUT2D eigenvalue weighted by Gasteiger charge is 2.22. The third-order valence-corrected chi connectivity index (χ3v) is 2.05. The molecular weight excluding hydrogens is 238 g/mol. The zero-order valence-electron chi connectivity index (χ0n) is 10.7. The monoisotopic (exact) mass is 257 g/mol. The van der Waals surface area contributed by atoms with Crippen molar-refractivity contribution in [1.29, 1.82) is 0 Å². The number of ether oxygens (including phenoxy) is 1. The summed E-state index contributed by atoms with van der Waals surface area (Å²) in [5.41, 5.74) is -0.603. The first-order valence-corrected chi connectivity index (χ1v) is 5.66. The van der Waals surface area contributed by atoms with Crippen LogP contribution in [0.4, 0.5) is 4.79 Å². The highest BCUT2D eigenvalue weighted by molar-refractivity contribution is 5.67. The second kappa shape index (κ2) is 5.88. The van der Waals surface area contributed by atoms with Crippen LogP contribution in [-0.2, 0) is 4.74 Å². The zero-order chi connectivity index (χ0) is 13.8. The Morgan fingerprint density at radius 1 is 1.50 bits per heavy atom. The molecule has 0 radical (unpaired) electrons. The van der Waals surface area contributed by atoms with E-state index >= 15 is 0 Å². The van der Waals surface area contributed by atoms with Gasteiger partial charge in [-0.25, -0.2) is 4.79 Å². The third kappa shape index (κ3) is 4.77. The first kappa shape index (κ1) is 14.5. The summed E-state index contributed by atoms with van der Waals surface area (Å²) >= 11 is 0. The SMILES string of the molecule is CC(C)(C)OC(=O)NCC(O)C(O)c1ccco1. The number of furan rings is 1. The van der Waals surface area contributed by atoms with Crippen LogP contribution in [0, 0.1) is 0 Å². The van der Waals surface area contributed by atoms with E-state index in [-0.39, 0.29) is 12.3 Å². The fourth-order valence-corrected chi connectivity index (χ4v) is 1.26. The van der Waals surface area contributed by atoms with Crippen molar-refractivity contribution in [2.75, 3.05) is 6.54 Å². The minimum atomic E-state index is -1.19. The van der Waals surface area contributed by atoms with Gasteiger partial charge in [-0.3, -0.25) is 0 Å². The molecule has 0 aliphatic carbocycles. The summed E-state index contributed by atoms with van der Waals surface area (Å²) in [4.78, 5) is 11.3. The van der Waals surface area contributed by atoms with Crippen LogP contribution in [-0.4, -0.2) is 34.6 Å². The van der Waals surface area contributed by atoms with Crippen LogP contribution < -0.4 is 5.32 Å².